The Bertz CT molecular complexity index is 629. The number of ketones is 1. The van der Waals surface area contributed by atoms with Crippen molar-refractivity contribution in [2.24, 2.45) is 11.8 Å². The smallest absolute Gasteiger partial charge is 0.286 e. The van der Waals surface area contributed by atoms with Gasteiger partial charge in [0, 0.05) is 18.2 Å². The van der Waals surface area contributed by atoms with Crippen LogP contribution in [0, 0.1) is 11.8 Å². The average molecular weight is 411 g/mol. The fraction of sp³-hybridized carbons (Fsp3) is 0.800. The molecular weight excluding hydrogens is 376 g/mol. The summed E-state index contributed by atoms with van der Waals surface area (Å²) >= 11 is 1.44. The minimum atomic E-state index is -0.612. The highest BCUT2D eigenvalue weighted by atomic mass is 32.2. The van der Waals surface area contributed by atoms with Crippen LogP contribution in [0.5, 0.6) is 0 Å². The predicted octanol–water partition coefficient (Wildman–Crippen LogP) is 3.41. The lowest BCUT2D eigenvalue weighted by Gasteiger charge is -2.24. The van der Waals surface area contributed by atoms with Gasteiger partial charge in [0.05, 0.1) is 6.04 Å². The molecule has 1 atom stereocenters. The van der Waals surface area contributed by atoms with E-state index >= 15 is 0 Å². The van der Waals surface area contributed by atoms with Gasteiger partial charge in [-0.15, -0.1) is 10.2 Å². The zero-order valence-electron chi connectivity index (χ0n) is 17.6. The van der Waals surface area contributed by atoms with Gasteiger partial charge in [-0.1, -0.05) is 51.8 Å². The van der Waals surface area contributed by atoms with E-state index in [-0.39, 0.29) is 29.4 Å². The Hall–Kier alpha value is -1.41. The van der Waals surface area contributed by atoms with E-state index in [0.29, 0.717) is 11.6 Å². The first kappa shape index (κ1) is 22.9. The van der Waals surface area contributed by atoms with Gasteiger partial charge in [-0.25, -0.2) is 0 Å². The third kappa shape index (κ3) is 7.20. The van der Waals surface area contributed by atoms with Crippen LogP contribution in [0.1, 0.15) is 70.0 Å². The van der Waals surface area contributed by atoms with E-state index in [1.54, 1.807) is 0 Å². The van der Waals surface area contributed by atoms with Crippen molar-refractivity contribution in [1.29, 1.82) is 0 Å². The Morgan fingerprint density at radius 2 is 1.96 bits per heavy atom. The molecule has 1 heterocycles. The van der Waals surface area contributed by atoms with Gasteiger partial charge in [0.15, 0.2) is 0 Å². The fourth-order valence-electron chi connectivity index (χ4n) is 3.32. The van der Waals surface area contributed by atoms with E-state index < -0.39 is 6.04 Å². The molecule has 1 N–H and O–H groups in total. The van der Waals surface area contributed by atoms with Gasteiger partial charge in [-0.3, -0.25) is 9.59 Å². The molecule has 7 nitrogen and oxygen atoms in total. The number of rotatable bonds is 11. The van der Waals surface area contributed by atoms with Crippen molar-refractivity contribution in [3.05, 3.63) is 5.89 Å². The van der Waals surface area contributed by atoms with Crippen LogP contribution in [-0.4, -0.2) is 58.7 Å². The van der Waals surface area contributed by atoms with E-state index in [1.165, 1.54) is 18.2 Å². The van der Waals surface area contributed by atoms with Crippen molar-refractivity contribution in [2.75, 3.05) is 25.9 Å². The number of thioether (sulfide) groups is 1. The molecule has 8 heteroatoms. The van der Waals surface area contributed by atoms with Crippen molar-refractivity contribution in [3.63, 3.8) is 0 Å². The molecule has 0 aliphatic heterocycles. The van der Waals surface area contributed by atoms with Crippen molar-refractivity contribution in [2.45, 2.75) is 70.6 Å². The minimum absolute atomic E-state index is 0.0130. The second-order valence-corrected chi connectivity index (χ2v) is 9.05. The normalized spacial score (nSPS) is 16.5. The molecule has 1 aromatic heterocycles. The van der Waals surface area contributed by atoms with Gasteiger partial charge in [0.1, 0.15) is 0 Å². The summed E-state index contributed by atoms with van der Waals surface area (Å²) in [7, 11) is 2.05. The molecular formula is C20H34N4O3S. The molecule has 1 unspecified atom stereocenters. The second kappa shape index (κ2) is 11.6. The third-order valence-corrected chi connectivity index (χ3v) is 5.97. The first-order valence-corrected chi connectivity index (χ1v) is 11.4. The van der Waals surface area contributed by atoms with Gasteiger partial charge in [0.2, 0.25) is 11.7 Å². The first-order chi connectivity index (χ1) is 13.4. The lowest BCUT2D eigenvalue weighted by molar-refractivity contribution is -0.126. The average Bonchev–Trinajstić information content (AvgIpc) is 3.15. The van der Waals surface area contributed by atoms with Crippen LogP contribution < -0.4 is 5.32 Å². The highest BCUT2D eigenvalue weighted by molar-refractivity contribution is 7.99. The van der Waals surface area contributed by atoms with Gasteiger partial charge >= 0.3 is 0 Å². The minimum Gasteiger partial charge on any atom is -0.408 e. The molecule has 1 aliphatic carbocycles. The Kier molecular flexibility index (Phi) is 9.44. The van der Waals surface area contributed by atoms with Crippen LogP contribution in [0.15, 0.2) is 9.64 Å². The maximum atomic E-state index is 12.9. The first-order valence-electron chi connectivity index (χ1n) is 10.4. The molecule has 1 saturated carbocycles. The Morgan fingerprint density at radius 1 is 1.25 bits per heavy atom. The maximum absolute atomic E-state index is 12.9. The van der Waals surface area contributed by atoms with Gasteiger partial charge in [-0.05, 0) is 38.8 Å². The van der Waals surface area contributed by atoms with Crippen molar-refractivity contribution in [1.82, 2.24) is 20.4 Å². The van der Waals surface area contributed by atoms with Crippen LogP contribution >= 0.6 is 11.8 Å². The summed E-state index contributed by atoms with van der Waals surface area (Å²) in [6.07, 6.45) is 5.72. The quantitative estimate of drug-likeness (QED) is 0.442. The highest BCUT2D eigenvalue weighted by Gasteiger charge is 2.30. The van der Waals surface area contributed by atoms with Crippen LogP contribution in [0.3, 0.4) is 0 Å². The lowest BCUT2D eigenvalue weighted by atomic mass is 9.88. The Morgan fingerprint density at radius 3 is 2.61 bits per heavy atom. The van der Waals surface area contributed by atoms with E-state index in [9.17, 15) is 9.59 Å². The van der Waals surface area contributed by atoms with Crippen LogP contribution in [0.4, 0.5) is 0 Å². The molecule has 1 aliphatic rings. The predicted molar refractivity (Wildman–Crippen MR) is 110 cm³/mol. The van der Waals surface area contributed by atoms with Crippen LogP contribution in [-0.2, 0) is 4.79 Å². The number of hydrogen-bond acceptors (Lipinski definition) is 7. The third-order valence-electron chi connectivity index (χ3n) is 5.17. The molecule has 158 valence electrons. The number of amides is 1. The Labute approximate surface area is 172 Å². The summed E-state index contributed by atoms with van der Waals surface area (Å²) < 4.78 is 5.57. The number of aromatic nitrogens is 2. The summed E-state index contributed by atoms with van der Waals surface area (Å²) in [6.45, 7) is 8.05. The molecule has 28 heavy (non-hydrogen) atoms. The molecule has 0 saturated heterocycles. The zero-order valence-corrected chi connectivity index (χ0v) is 18.4. The SMILES string of the molecule is CCN(C)CCSc1nnc(C(=O)C(CC(C)C)NC(=O)C2CCCCC2)o1. The molecule has 1 aromatic rings. The van der Waals surface area contributed by atoms with Crippen LogP contribution in [0.25, 0.3) is 0 Å². The van der Waals surface area contributed by atoms with E-state index in [0.717, 1.165) is 44.5 Å². The number of nitrogens with zero attached hydrogens (tertiary/aromatic N) is 3. The Balaban J connectivity index is 1.96. The summed E-state index contributed by atoms with van der Waals surface area (Å²) in [5.74, 6) is 0.773. The van der Waals surface area contributed by atoms with E-state index in [2.05, 4.69) is 34.4 Å². The molecule has 1 fully saturated rings. The molecule has 2 rings (SSSR count). The van der Waals surface area contributed by atoms with Gasteiger partial charge < -0.3 is 14.6 Å². The van der Waals surface area contributed by atoms with E-state index in [4.69, 9.17) is 4.42 Å². The topological polar surface area (TPSA) is 88.3 Å². The molecule has 0 bridgehead atoms. The monoisotopic (exact) mass is 410 g/mol. The van der Waals surface area contributed by atoms with E-state index in [1.807, 2.05) is 13.8 Å². The van der Waals surface area contributed by atoms with Gasteiger partial charge in [0.25, 0.3) is 11.1 Å². The lowest BCUT2D eigenvalue weighted by Crippen LogP contribution is -2.45. The number of carbonyl (C=O) groups is 2. The summed E-state index contributed by atoms with van der Waals surface area (Å²) in [5.41, 5.74) is 0. The summed E-state index contributed by atoms with van der Waals surface area (Å²) in [6, 6.07) is -0.612. The molecule has 0 radical (unpaired) electrons. The molecule has 0 spiro atoms. The number of carbonyl (C=O) groups excluding carboxylic acids is 2. The second-order valence-electron chi connectivity index (χ2n) is 8.01. The standard InChI is InChI=1S/C20H34N4O3S/c1-5-24(4)11-12-28-20-23-22-19(27-20)17(25)16(13-14(2)3)21-18(26)15-9-7-6-8-10-15/h14-16H,5-13H2,1-4H3,(H,21,26). The molecule has 1 amide bonds. The number of nitrogens with one attached hydrogen (secondary N) is 1. The van der Waals surface area contributed by atoms with Crippen molar-refractivity contribution >= 4 is 23.5 Å². The maximum Gasteiger partial charge on any atom is 0.286 e. The largest absolute Gasteiger partial charge is 0.408 e. The van der Waals surface area contributed by atoms with Crippen LogP contribution in [0.2, 0.25) is 0 Å². The van der Waals surface area contributed by atoms with Gasteiger partial charge in [-0.2, -0.15) is 0 Å². The summed E-state index contributed by atoms with van der Waals surface area (Å²) in [5, 5.41) is 11.3. The number of Topliss-reactive ketones (excluding diaryl/α,β-unsaturated/α-hetero) is 1. The summed E-state index contributed by atoms with van der Waals surface area (Å²) in [4.78, 5) is 27.7. The zero-order chi connectivity index (χ0) is 20.5. The van der Waals surface area contributed by atoms with Crippen molar-refractivity contribution < 1.29 is 14.0 Å². The number of hydrogen-bond donors (Lipinski definition) is 1. The highest BCUT2D eigenvalue weighted by Crippen LogP contribution is 2.24. The van der Waals surface area contributed by atoms with Crippen molar-refractivity contribution in [3.8, 4) is 0 Å². The fourth-order valence-corrected chi connectivity index (χ4v) is 4.13. The molecule has 0 aromatic carbocycles.